The molecule has 0 fully saturated rings. The number of carbonyl (C=O) groups is 2. The third-order valence-corrected chi connectivity index (χ3v) is 4.19. The molecule has 29 heavy (non-hydrogen) atoms. The van der Waals surface area contributed by atoms with Crippen molar-refractivity contribution in [2.24, 2.45) is 5.10 Å². The lowest BCUT2D eigenvalue weighted by atomic mass is 10.2. The van der Waals surface area contributed by atoms with E-state index in [4.69, 9.17) is 4.74 Å². The molecule has 3 rings (SSSR count). The van der Waals surface area contributed by atoms with E-state index >= 15 is 0 Å². The van der Waals surface area contributed by atoms with Gasteiger partial charge in [-0.1, -0.05) is 6.07 Å². The summed E-state index contributed by atoms with van der Waals surface area (Å²) in [4.78, 5) is 48.3. The third-order valence-electron chi connectivity index (χ3n) is 3.34. The molecule has 1 amide bonds. The van der Waals surface area contributed by atoms with Crippen LogP contribution in [0.1, 0.15) is 15.2 Å². The number of hydrazone groups is 1. The van der Waals surface area contributed by atoms with Crippen LogP contribution in [0.25, 0.3) is 0 Å². The molecule has 0 aliphatic carbocycles. The van der Waals surface area contributed by atoms with Gasteiger partial charge in [-0.3, -0.25) is 14.6 Å². The Balaban J connectivity index is 1.47. The zero-order valence-electron chi connectivity index (χ0n) is 14.7. The molecule has 2 aromatic heterocycles. The van der Waals surface area contributed by atoms with E-state index in [1.165, 1.54) is 17.6 Å². The maximum absolute atomic E-state index is 11.9. The number of H-pyrrole nitrogens is 2. The first-order chi connectivity index (χ1) is 14.0. The zero-order chi connectivity index (χ0) is 20.6. The highest BCUT2D eigenvalue weighted by molar-refractivity contribution is 7.12. The minimum absolute atomic E-state index is 0.198. The third kappa shape index (κ3) is 5.71. The Morgan fingerprint density at radius 1 is 1.21 bits per heavy atom. The number of nitrogens with one attached hydrogen (secondary N) is 4. The molecule has 0 aliphatic heterocycles. The average molecular weight is 414 g/mol. The lowest BCUT2D eigenvalue weighted by molar-refractivity contribution is -0.119. The number of benzene rings is 1. The Kier molecular flexibility index (Phi) is 6.27. The summed E-state index contributed by atoms with van der Waals surface area (Å²) >= 11 is 1.29. The highest BCUT2D eigenvalue weighted by Crippen LogP contribution is 2.16. The van der Waals surface area contributed by atoms with Crippen molar-refractivity contribution in [2.75, 3.05) is 11.9 Å². The molecular formula is C17H14N6O5S. The normalized spacial score (nSPS) is 10.6. The number of ether oxygens (including phenoxy) is 1. The SMILES string of the molecule is O=C(CNc1n[nH]c(=O)[nH]c1=O)N/N=C/c1ccc(OC(=O)c2cccs2)cc1. The largest absolute Gasteiger partial charge is 0.422 e. The first-order valence-electron chi connectivity index (χ1n) is 8.12. The number of thiophene rings is 1. The van der Waals surface area contributed by atoms with Crippen LogP contribution in [-0.4, -0.2) is 39.8 Å². The van der Waals surface area contributed by atoms with E-state index in [2.05, 4.69) is 20.9 Å². The lowest BCUT2D eigenvalue weighted by Gasteiger charge is -2.03. The minimum atomic E-state index is -0.748. The summed E-state index contributed by atoms with van der Waals surface area (Å²) in [6.45, 7) is -0.281. The second kappa shape index (κ2) is 9.23. The molecule has 0 unspecified atom stereocenters. The molecule has 0 aliphatic rings. The van der Waals surface area contributed by atoms with Crippen molar-refractivity contribution in [3.05, 3.63) is 73.1 Å². The highest BCUT2D eigenvalue weighted by Gasteiger charge is 2.09. The van der Waals surface area contributed by atoms with Crippen LogP contribution in [0.4, 0.5) is 5.82 Å². The summed E-state index contributed by atoms with van der Waals surface area (Å²) in [6.07, 6.45) is 1.40. The lowest BCUT2D eigenvalue weighted by Crippen LogP contribution is -2.31. The van der Waals surface area contributed by atoms with Gasteiger partial charge >= 0.3 is 11.7 Å². The van der Waals surface area contributed by atoms with Gasteiger partial charge < -0.3 is 10.1 Å². The van der Waals surface area contributed by atoms with Gasteiger partial charge in [0.25, 0.3) is 11.5 Å². The number of aromatic nitrogens is 3. The fourth-order valence-electron chi connectivity index (χ4n) is 2.02. The number of aromatic amines is 2. The van der Waals surface area contributed by atoms with Gasteiger partial charge in [0.15, 0.2) is 0 Å². The number of nitrogens with zero attached hydrogens (tertiary/aromatic N) is 2. The van der Waals surface area contributed by atoms with Gasteiger partial charge in [-0.2, -0.15) is 5.10 Å². The molecule has 3 aromatic rings. The summed E-state index contributed by atoms with van der Waals surface area (Å²) in [5.74, 6) is -0.782. The van der Waals surface area contributed by atoms with E-state index in [0.29, 0.717) is 16.2 Å². The van der Waals surface area contributed by atoms with Crippen LogP contribution in [0, 0.1) is 0 Å². The van der Waals surface area contributed by atoms with Gasteiger partial charge in [-0.05, 0) is 41.3 Å². The summed E-state index contributed by atoms with van der Waals surface area (Å²) in [5, 5.41) is 13.6. The van der Waals surface area contributed by atoms with Crippen LogP contribution in [0.5, 0.6) is 5.75 Å². The van der Waals surface area contributed by atoms with Crippen molar-refractivity contribution < 1.29 is 14.3 Å². The Labute approximate surface area is 166 Å². The van der Waals surface area contributed by atoms with E-state index in [1.54, 1.807) is 41.8 Å². The molecule has 0 atom stereocenters. The Bertz CT molecular complexity index is 1130. The second-order valence-corrected chi connectivity index (χ2v) is 6.39. The van der Waals surface area contributed by atoms with Crippen molar-refractivity contribution in [1.29, 1.82) is 0 Å². The van der Waals surface area contributed by atoms with Crippen molar-refractivity contribution in [3.63, 3.8) is 0 Å². The average Bonchev–Trinajstić information content (AvgIpc) is 3.24. The van der Waals surface area contributed by atoms with Gasteiger partial charge in [0, 0.05) is 0 Å². The molecule has 0 spiro atoms. The van der Waals surface area contributed by atoms with Gasteiger partial charge in [-0.25, -0.2) is 20.1 Å². The van der Waals surface area contributed by atoms with E-state index in [9.17, 15) is 19.2 Å². The Morgan fingerprint density at radius 3 is 2.69 bits per heavy atom. The molecule has 0 radical (unpaired) electrons. The maximum atomic E-state index is 11.9. The fraction of sp³-hybridized carbons (Fsp3) is 0.0588. The summed E-state index contributed by atoms with van der Waals surface area (Å²) in [7, 11) is 0. The Hall–Kier alpha value is -4.06. The summed E-state index contributed by atoms with van der Waals surface area (Å²) in [6, 6.07) is 9.97. The van der Waals surface area contributed by atoms with Gasteiger partial charge in [-0.15, -0.1) is 16.4 Å². The standard InChI is InChI=1S/C17H14N6O5S/c24-13(9-18-14-15(25)20-17(27)23-22-14)21-19-8-10-3-5-11(6-4-10)28-16(26)12-2-1-7-29-12/h1-8H,9H2,(H,18,22)(H,21,24)(H2,20,23,25,27)/b19-8+. The molecular weight excluding hydrogens is 400 g/mol. The van der Waals surface area contributed by atoms with Gasteiger partial charge in [0.05, 0.1) is 12.8 Å². The number of rotatable bonds is 7. The summed E-state index contributed by atoms with van der Waals surface area (Å²) in [5.41, 5.74) is 1.44. The number of esters is 1. The molecule has 12 heteroatoms. The predicted molar refractivity (Wildman–Crippen MR) is 105 cm³/mol. The highest BCUT2D eigenvalue weighted by atomic mass is 32.1. The van der Waals surface area contributed by atoms with Crippen molar-refractivity contribution in [1.82, 2.24) is 20.6 Å². The first kappa shape index (κ1) is 19.7. The smallest absolute Gasteiger partial charge is 0.353 e. The van der Waals surface area contributed by atoms with Gasteiger partial charge in [0.2, 0.25) is 5.82 Å². The van der Waals surface area contributed by atoms with Crippen molar-refractivity contribution >= 4 is 35.2 Å². The van der Waals surface area contributed by atoms with Crippen LogP contribution in [0.3, 0.4) is 0 Å². The van der Waals surface area contributed by atoms with Crippen LogP contribution in [-0.2, 0) is 4.79 Å². The van der Waals surface area contributed by atoms with Crippen LogP contribution in [0.2, 0.25) is 0 Å². The molecule has 11 nitrogen and oxygen atoms in total. The number of hydrogen-bond donors (Lipinski definition) is 4. The predicted octanol–water partition coefficient (Wildman–Crippen LogP) is 0.301. The quantitative estimate of drug-likeness (QED) is 0.187. The molecule has 4 N–H and O–H groups in total. The molecule has 1 aromatic carbocycles. The van der Waals surface area contributed by atoms with Gasteiger partial charge in [0.1, 0.15) is 10.6 Å². The van der Waals surface area contributed by atoms with E-state index in [1.807, 2.05) is 10.1 Å². The zero-order valence-corrected chi connectivity index (χ0v) is 15.5. The number of amides is 1. The molecule has 0 saturated carbocycles. The molecule has 2 heterocycles. The topological polar surface area (TPSA) is 158 Å². The van der Waals surface area contributed by atoms with Crippen LogP contribution >= 0.6 is 11.3 Å². The van der Waals surface area contributed by atoms with E-state index < -0.39 is 23.1 Å². The van der Waals surface area contributed by atoms with Crippen molar-refractivity contribution in [3.8, 4) is 5.75 Å². The van der Waals surface area contributed by atoms with E-state index in [0.717, 1.165) is 0 Å². The number of hydrogen-bond acceptors (Lipinski definition) is 9. The summed E-state index contributed by atoms with van der Waals surface area (Å²) < 4.78 is 5.24. The number of carbonyl (C=O) groups excluding carboxylic acids is 2. The minimum Gasteiger partial charge on any atom is -0.422 e. The van der Waals surface area contributed by atoms with Crippen molar-refractivity contribution in [2.45, 2.75) is 0 Å². The molecule has 0 bridgehead atoms. The maximum Gasteiger partial charge on any atom is 0.353 e. The number of anilines is 1. The van der Waals surface area contributed by atoms with Crippen LogP contribution in [0.15, 0.2) is 56.5 Å². The van der Waals surface area contributed by atoms with E-state index in [-0.39, 0.29) is 12.4 Å². The molecule has 148 valence electrons. The van der Waals surface area contributed by atoms with Crippen LogP contribution < -0.4 is 26.7 Å². The first-order valence-corrected chi connectivity index (χ1v) is 9.00. The monoisotopic (exact) mass is 414 g/mol. The second-order valence-electron chi connectivity index (χ2n) is 5.44. The Morgan fingerprint density at radius 2 is 2.00 bits per heavy atom. The fourth-order valence-corrected chi connectivity index (χ4v) is 2.62. The molecule has 0 saturated heterocycles.